The molecule has 0 saturated carbocycles. The summed E-state index contributed by atoms with van der Waals surface area (Å²) in [5.41, 5.74) is 0.361. The molecular formula is C12H17N5O2. The minimum Gasteiger partial charge on any atom is -0.376 e. The molecular weight excluding hydrogens is 246 g/mol. The largest absolute Gasteiger partial charge is 0.376 e. The molecule has 102 valence electrons. The van der Waals surface area contributed by atoms with Crippen LogP contribution < -0.4 is 10.5 Å². The van der Waals surface area contributed by atoms with E-state index in [2.05, 4.69) is 5.10 Å². The molecule has 0 aliphatic heterocycles. The second-order valence-electron chi connectivity index (χ2n) is 4.33. The predicted molar refractivity (Wildman–Crippen MR) is 70.7 cm³/mol. The van der Waals surface area contributed by atoms with Gasteiger partial charge in [-0.1, -0.05) is 0 Å². The monoisotopic (exact) mass is 263 g/mol. The van der Waals surface area contributed by atoms with Gasteiger partial charge in [0, 0.05) is 33.8 Å². The molecule has 0 spiro atoms. The third-order valence-corrected chi connectivity index (χ3v) is 2.64. The minimum atomic E-state index is -0.326. The van der Waals surface area contributed by atoms with Crippen LogP contribution >= 0.6 is 0 Å². The Morgan fingerprint density at radius 1 is 1.47 bits per heavy atom. The predicted octanol–water partition coefficient (Wildman–Crippen LogP) is -0.319. The average Bonchev–Trinajstić information content (AvgIpc) is 2.37. The zero-order valence-electron chi connectivity index (χ0n) is 11.3. The molecule has 0 atom stereocenters. The van der Waals surface area contributed by atoms with E-state index in [1.807, 2.05) is 20.2 Å². The highest BCUT2D eigenvalue weighted by atomic mass is 16.2. The Hall–Kier alpha value is -2.36. The van der Waals surface area contributed by atoms with Gasteiger partial charge >= 0.3 is 0 Å². The minimum absolute atomic E-state index is 0.117. The zero-order valence-corrected chi connectivity index (χ0v) is 11.3. The molecule has 0 N–H and O–H groups in total. The highest BCUT2D eigenvalue weighted by Gasteiger charge is 2.11. The summed E-state index contributed by atoms with van der Waals surface area (Å²) in [5.74, 6) is -0.248. The van der Waals surface area contributed by atoms with Crippen molar-refractivity contribution >= 4 is 11.6 Å². The molecule has 1 heterocycles. The van der Waals surface area contributed by atoms with Crippen molar-refractivity contribution in [1.82, 2.24) is 14.7 Å². The number of amides is 1. The van der Waals surface area contributed by atoms with Crippen LogP contribution in [0.4, 0.5) is 5.69 Å². The summed E-state index contributed by atoms with van der Waals surface area (Å²) in [6.07, 6.45) is 1.80. The van der Waals surface area contributed by atoms with Crippen molar-refractivity contribution in [2.45, 2.75) is 13.0 Å². The van der Waals surface area contributed by atoms with Gasteiger partial charge in [0.1, 0.15) is 6.54 Å². The van der Waals surface area contributed by atoms with Gasteiger partial charge in [-0.2, -0.15) is 10.4 Å². The van der Waals surface area contributed by atoms with Crippen molar-refractivity contribution in [3.05, 3.63) is 22.6 Å². The molecule has 0 unspecified atom stereocenters. The molecule has 0 fully saturated rings. The van der Waals surface area contributed by atoms with Crippen molar-refractivity contribution in [2.75, 3.05) is 32.6 Å². The first-order chi connectivity index (χ1) is 8.95. The van der Waals surface area contributed by atoms with Crippen molar-refractivity contribution in [1.29, 1.82) is 5.26 Å². The number of likely N-dealkylation sites (N-methyl/N-ethyl adjacent to an activating group) is 1. The van der Waals surface area contributed by atoms with Gasteiger partial charge in [-0.3, -0.25) is 9.59 Å². The lowest BCUT2D eigenvalue weighted by molar-refractivity contribution is -0.130. The van der Waals surface area contributed by atoms with Crippen LogP contribution in [-0.4, -0.2) is 48.3 Å². The molecule has 0 saturated heterocycles. The summed E-state index contributed by atoms with van der Waals surface area (Å²) in [6.45, 7) is 0.230. The second kappa shape index (κ2) is 6.54. The van der Waals surface area contributed by atoms with Crippen molar-refractivity contribution < 1.29 is 4.79 Å². The molecule has 0 aliphatic rings. The Bertz CT molecular complexity index is 544. The van der Waals surface area contributed by atoms with Crippen LogP contribution in [-0.2, 0) is 11.3 Å². The molecule has 0 bridgehead atoms. The lowest BCUT2D eigenvalue weighted by Crippen LogP contribution is -2.35. The van der Waals surface area contributed by atoms with Gasteiger partial charge in [-0.25, -0.2) is 4.68 Å². The Morgan fingerprint density at radius 2 is 2.16 bits per heavy atom. The average molecular weight is 263 g/mol. The van der Waals surface area contributed by atoms with Gasteiger partial charge in [-0.15, -0.1) is 0 Å². The molecule has 1 aromatic heterocycles. The summed E-state index contributed by atoms with van der Waals surface area (Å²) >= 11 is 0. The van der Waals surface area contributed by atoms with Crippen LogP contribution in [0.2, 0.25) is 0 Å². The number of hydrogen-bond acceptors (Lipinski definition) is 5. The number of nitrogens with zero attached hydrogens (tertiary/aromatic N) is 5. The maximum atomic E-state index is 11.8. The van der Waals surface area contributed by atoms with Crippen LogP contribution in [0.3, 0.4) is 0 Å². The normalized spacial score (nSPS) is 9.79. The molecule has 0 radical (unpaired) electrons. The van der Waals surface area contributed by atoms with E-state index < -0.39 is 0 Å². The first-order valence-electron chi connectivity index (χ1n) is 5.81. The summed E-state index contributed by atoms with van der Waals surface area (Å²) in [6, 6.07) is 3.39. The van der Waals surface area contributed by atoms with Gasteiger partial charge < -0.3 is 9.80 Å². The van der Waals surface area contributed by atoms with E-state index in [0.717, 1.165) is 4.68 Å². The Morgan fingerprint density at radius 3 is 2.68 bits per heavy atom. The molecule has 1 rings (SSSR count). The highest BCUT2D eigenvalue weighted by molar-refractivity contribution is 5.75. The van der Waals surface area contributed by atoms with Gasteiger partial charge in [0.05, 0.1) is 24.4 Å². The Kier molecular flexibility index (Phi) is 5.06. The number of carbonyl (C=O) groups is 1. The van der Waals surface area contributed by atoms with E-state index >= 15 is 0 Å². The van der Waals surface area contributed by atoms with Crippen molar-refractivity contribution in [3.63, 3.8) is 0 Å². The fourth-order valence-electron chi connectivity index (χ4n) is 1.38. The summed E-state index contributed by atoms with van der Waals surface area (Å²) in [5, 5.41) is 12.4. The van der Waals surface area contributed by atoms with Crippen molar-refractivity contribution in [3.8, 4) is 6.07 Å². The summed E-state index contributed by atoms with van der Waals surface area (Å²) in [7, 11) is 5.21. The quantitative estimate of drug-likeness (QED) is 0.727. The number of anilines is 1. The van der Waals surface area contributed by atoms with Gasteiger partial charge in [0.25, 0.3) is 5.56 Å². The fraction of sp³-hybridized carbons (Fsp3) is 0.500. The summed E-state index contributed by atoms with van der Waals surface area (Å²) in [4.78, 5) is 26.7. The van der Waals surface area contributed by atoms with Gasteiger partial charge in [0.15, 0.2) is 0 Å². The number of nitriles is 1. The van der Waals surface area contributed by atoms with Crippen LogP contribution in [0.15, 0.2) is 17.1 Å². The number of aromatic nitrogens is 2. The highest BCUT2D eigenvalue weighted by Crippen LogP contribution is 2.03. The molecule has 0 aliphatic carbocycles. The lowest BCUT2D eigenvalue weighted by atomic mass is 10.4. The van der Waals surface area contributed by atoms with Crippen LogP contribution in [0.5, 0.6) is 0 Å². The van der Waals surface area contributed by atoms with Crippen LogP contribution in [0, 0.1) is 11.3 Å². The first-order valence-corrected chi connectivity index (χ1v) is 5.81. The smallest absolute Gasteiger partial charge is 0.269 e. The number of rotatable bonds is 5. The van der Waals surface area contributed by atoms with E-state index in [1.54, 1.807) is 11.9 Å². The van der Waals surface area contributed by atoms with Crippen molar-refractivity contribution in [2.24, 2.45) is 0 Å². The zero-order chi connectivity index (χ0) is 14.4. The maximum Gasteiger partial charge on any atom is 0.269 e. The second-order valence-corrected chi connectivity index (χ2v) is 4.33. The van der Waals surface area contributed by atoms with Gasteiger partial charge in [0.2, 0.25) is 5.91 Å². The molecule has 1 amide bonds. The maximum absolute atomic E-state index is 11.8. The SMILES string of the molecule is CN(CCC#N)C(=O)Cn1ncc(N(C)C)cc1=O. The van der Waals surface area contributed by atoms with Crippen LogP contribution in [0.1, 0.15) is 6.42 Å². The topological polar surface area (TPSA) is 82.2 Å². The third-order valence-electron chi connectivity index (χ3n) is 2.64. The van der Waals surface area contributed by atoms with E-state index in [4.69, 9.17) is 5.26 Å². The lowest BCUT2D eigenvalue weighted by Gasteiger charge is -2.16. The number of hydrogen-bond donors (Lipinski definition) is 0. The van der Waals surface area contributed by atoms with Gasteiger partial charge in [-0.05, 0) is 0 Å². The Balaban J connectivity index is 2.75. The van der Waals surface area contributed by atoms with Crippen LogP contribution in [0.25, 0.3) is 0 Å². The van der Waals surface area contributed by atoms with E-state index in [9.17, 15) is 9.59 Å². The number of carbonyl (C=O) groups excluding carboxylic acids is 1. The molecule has 1 aromatic rings. The van der Waals surface area contributed by atoms with E-state index in [1.165, 1.54) is 17.2 Å². The standard InChI is InChI=1S/C12H17N5O2/c1-15(2)10-7-11(18)17(14-8-10)9-12(19)16(3)6-4-5-13/h7-8H,4,6,9H2,1-3H3. The molecule has 7 heteroatoms. The molecule has 0 aromatic carbocycles. The summed E-state index contributed by atoms with van der Waals surface area (Å²) < 4.78 is 1.11. The fourth-order valence-corrected chi connectivity index (χ4v) is 1.38. The third kappa shape index (κ3) is 4.10. The van der Waals surface area contributed by atoms with E-state index in [-0.39, 0.29) is 24.4 Å². The first kappa shape index (κ1) is 14.7. The molecule has 19 heavy (non-hydrogen) atoms. The van der Waals surface area contributed by atoms with E-state index in [0.29, 0.717) is 12.2 Å². The Labute approximate surface area is 111 Å². The molecule has 7 nitrogen and oxygen atoms in total.